The number of carbonyl (C=O) groups is 1. The molecule has 0 aliphatic carbocycles. The Morgan fingerprint density at radius 2 is 2.10 bits per heavy atom. The second-order valence-electron chi connectivity index (χ2n) is 5.33. The topological polar surface area (TPSA) is 69.8 Å². The Labute approximate surface area is 121 Å². The number of aryl methyl sites for hydroxylation is 1. The number of H-pyrrole nitrogens is 1. The Bertz CT molecular complexity index is 852. The number of hydrogen-bond donors (Lipinski definition) is 3. The number of aromatic nitrogens is 2. The van der Waals surface area contributed by atoms with Gasteiger partial charge < -0.3 is 10.6 Å². The average molecular weight is 278 g/mol. The molecule has 0 saturated carbocycles. The minimum absolute atomic E-state index is 0.0251. The van der Waals surface area contributed by atoms with Gasteiger partial charge in [0.15, 0.2) is 0 Å². The van der Waals surface area contributed by atoms with Crippen LogP contribution in [-0.2, 0) is 4.79 Å². The molecule has 1 aromatic heterocycles. The largest absolute Gasteiger partial charge is 0.370 e. The highest BCUT2D eigenvalue weighted by Crippen LogP contribution is 2.34. The fraction of sp³-hybridized carbons (Fsp3) is 0.125. The van der Waals surface area contributed by atoms with Gasteiger partial charge in [0.05, 0.1) is 11.7 Å². The average Bonchev–Trinajstić information content (AvgIpc) is 3.04. The normalized spacial score (nSPS) is 16.8. The fourth-order valence-electron chi connectivity index (χ4n) is 2.72. The molecule has 0 spiro atoms. The van der Waals surface area contributed by atoms with Crippen LogP contribution in [0.3, 0.4) is 0 Å². The molecular weight excluding hydrogens is 264 g/mol. The van der Waals surface area contributed by atoms with Gasteiger partial charge in [0, 0.05) is 22.3 Å². The van der Waals surface area contributed by atoms with Crippen molar-refractivity contribution in [2.45, 2.75) is 13.0 Å². The maximum atomic E-state index is 12.2. The highest BCUT2D eigenvalue weighted by atomic mass is 16.2. The van der Waals surface area contributed by atoms with Crippen molar-refractivity contribution in [2.75, 3.05) is 10.6 Å². The fourth-order valence-corrected chi connectivity index (χ4v) is 2.72. The van der Waals surface area contributed by atoms with E-state index >= 15 is 0 Å². The van der Waals surface area contributed by atoms with E-state index in [-0.39, 0.29) is 11.9 Å². The number of carbonyl (C=O) groups excluding carboxylic acids is 1. The minimum atomic E-state index is -0.357. The van der Waals surface area contributed by atoms with E-state index in [1.165, 1.54) is 0 Å². The van der Waals surface area contributed by atoms with Crippen molar-refractivity contribution < 1.29 is 4.79 Å². The monoisotopic (exact) mass is 278 g/mol. The Kier molecular flexibility index (Phi) is 2.47. The van der Waals surface area contributed by atoms with Crippen molar-refractivity contribution >= 4 is 28.2 Å². The molecule has 5 heteroatoms. The summed E-state index contributed by atoms with van der Waals surface area (Å²) in [5.74, 6) is -0.0251. The van der Waals surface area contributed by atoms with Gasteiger partial charge in [-0.05, 0) is 31.2 Å². The van der Waals surface area contributed by atoms with Crippen LogP contribution in [0.25, 0.3) is 10.9 Å². The van der Waals surface area contributed by atoms with Crippen LogP contribution in [-0.4, -0.2) is 16.1 Å². The van der Waals surface area contributed by atoms with Crippen molar-refractivity contribution in [3.63, 3.8) is 0 Å². The molecule has 4 rings (SSSR count). The first kappa shape index (κ1) is 12.0. The summed E-state index contributed by atoms with van der Waals surface area (Å²) in [5.41, 5.74) is 4.90. The molecule has 2 heterocycles. The van der Waals surface area contributed by atoms with Crippen LogP contribution in [0.5, 0.6) is 0 Å². The van der Waals surface area contributed by atoms with Crippen molar-refractivity contribution in [1.82, 2.24) is 10.2 Å². The van der Waals surface area contributed by atoms with Crippen LogP contribution in [0.2, 0.25) is 0 Å². The summed E-state index contributed by atoms with van der Waals surface area (Å²) < 4.78 is 0. The molecule has 3 aromatic rings. The van der Waals surface area contributed by atoms with Gasteiger partial charge in [0.2, 0.25) is 0 Å². The number of anilines is 2. The molecule has 104 valence electrons. The third kappa shape index (κ3) is 1.94. The van der Waals surface area contributed by atoms with Gasteiger partial charge in [-0.2, -0.15) is 5.10 Å². The van der Waals surface area contributed by atoms with Crippen molar-refractivity contribution in [1.29, 1.82) is 0 Å². The summed E-state index contributed by atoms with van der Waals surface area (Å²) in [7, 11) is 0. The van der Waals surface area contributed by atoms with E-state index in [1.54, 1.807) is 6.20 Å². The number of fused-ring (bicyclic) bond motifs is 2. The zero-order valence-corrected chi connectivity index (χ0v) is 11.5. The predicted octanol–water partition coefficient (Wildman–Crippen LogP) is 2.98. The molecule has 1 unspecified atom stereocenters. The number of rotatable bonds is 2. The Morgan fingerprint density at radius 1 is 1.19 bits per heavy atom. The van der Waals surface area contributed by atoms with E-state index in [0.29, 0.717) is 0 Å². The summed E-state index contributed by atoms with van der Waals surface area (Å²) in [5, 5.41) is 14.1. The van der Waals surface area contributed by atoms with Gasteiger partial charge in [-0.25, -0.2) is 0 Å². The first-order valence-electron chi connectivity index (χ1n) is 6.82. The van der Waals surface area contributed by atoms with E-state index in [4.69, 9.17) is 0 Å². The molecule has 1 amide bonds. The zero-order chi connectivity index (χ0) is 14.4. The molecule has 0 saturated heterocycles. The maximum Gasteiger partial charge on any atom is 0.251 e. The van der Waals surface area contributed by atoms with E-state index in [9.17, 15) is 4.79 Å². The summed E-state index contributed by atoms with van der Waals surface area (Å²) >= 11 is 0. The van der Waals surface area contributed by atoms with Gasteiger partial charge in [0.25, 0.3) is 5.91 Å². The second-order valence-corrected chi connectivity index (χ2v) is 5.33. The maximum absolute atomic E-state index is 12.2. The Morgan fingerprint density at radius 3 is 3.00 bits per heavy atom. The van der Waals surface area contributed by atoms with Crippen LogP contribution in [0.1, 0.15) is 17.2 Å². The molecule has 0 fully saturated rings. The van der Waals surface area contributed by atoms with Crippen LogP contribution in [0.4, 0.5) is 11.4 Å². The zero-order valence-electron chi connectivity index (χ0n) is 11.5. The van der Waals surface area contributed by atoms with Gasteiger partial charge in [-0.3, -0.25) is 9.89 Å². The third-order valence-corrected chi connectivity index (χ3v) is 3.79. The number of nitrogens with one attached hydrogen (secondary N) is 3. The van der Waals surface area contributed by atoms with Gasteiger partial charge in [-0.1, -0.05) is 17.7 Å². The van der Waals surface area contributed by atoms with E-state index in [2.05, 4.69) is 20.8 Å². The molecule has 1 aliphatic rings. The van der Waals surface area contributed by atoms with Gasteiger partial charge in [-0.15, -0.1) is 0 Å². The molecule has 21 heavy (non-hydrogen) atoms. The van der Waals surface area contributed by atoms with Crippen LogP contribution >= 0.6 is 0 Å². The first-order chi connectivity index (χ1) is 10.2. The van der Waals surface area contributed by atoms with Crippen LogP contribution < -0.4 is 10.6 Å². The third-order valence-electron chi connectivity index (χ3n) is 3.79. The molecule has 3 N–H and O–H groups in total. The molecule has 2 aromatic carbocycles. The lowest BCUT2D eigenvalue weighted by Crippen LogP contribution is -2.19. The molecule has 1 aliphatic heterocycles. The summed E-state index contributed by atoms with van der Waals surface area (Å²) in [6.07, 6.45) is 1.77. The Balaban J connectivity index is 1.70. The molecule has 0 bridgehead atoms. The summed E-state index contributed by atoms with van der Waals surface area (Å²) in [6.45, 7) is 2.03. The SMILES string of the molecule is Cc1ccc2c(c1)C(Nc1ccc3[nH]ncc3c1)C(=O)N2. The quantitative estimate of drug-likeness (QED) is 0.675. The number of aromatic amines is 1. The molecular formula is C16H14N4O. The lowest BCUT2D eigenvalue weighted by Gasteiger charge is -2.13. The van der Waals surface area contributed by atoms with Crippen molar-refractivity contribution in [3.05, 3.63) is 53.7 Å². The molecule has 5 nitrogen and oxygen atoms in total. The summed E-state index contributed by atoms with van der Waals surface area (Å²) in [4.78, 5) is 12.2. The van der Waals surface area contributed by atoms with Crippen molar-refractivity contribution in [3.8, 4) is 0 Å². The first-order valence-corrected chi connectivity index (χ1v) is 6.82. The Hall–Kier alpha value is -2.82. The second kappa shape index (κ2) is 4.34. The van der Waals surface area contributed by atoms with Crippen molar-refractivity contribution in [2.24, 2.45) is 0 Å². The molecule has 0 radical (unpaired) electrons. The van der Waals surface area contributed by atoms with E-state index in [1.807, 2.05) is 43.3 Å². The number of amides is 1. The lowest BCUT2D eigenvalue weighted by molar-refractivity contribution is -0.116. The number of hydrogen-bond acceptors (Lipinski definition) is 3. The molecule has 1 atom stereocenters. The highest BCUT2D eigenvalue weighted by molar-refractivity contribution is 6.04. The van der Waals surface area contributed by atoms with E-state index in [0.717, 1.165) is 33.4 Å². The lowest BCUT2D eigenvalue weighted by atomic mass is 10.0. The van der Waals surface area contributed by atoms with Crippen LogP contribution in [0.15, 0.2) is 42.6 Å². The summed E-state index contributed by atoms with van der Waals surface area (Å²) in [6, 6.07) is 11.5. The van der Waals surface area contributed by atoms with E-state index < -0.39 is 0 Å². The van der Waals surface area contributed by atoms with Gasteiger partial charge in [0.1, 0.15) is 6.04 Å². The van der Waals surface area contributed by atoms with Gasteiger partial charge >= 0.3 is 0 Å². The smallest absolute Gasteiger partial charge is 0.251 e. The number of nitrogens with zero attached hydrogens (tertiary/aromatic N) is 1. The minimum Gasteiger partial charge on any atom is -0.370 e. The van der Waals surface area contributed by atoms with Crippen LogP contribution in [0, 0.1) is 6.92 Å². The highest BCUT2D eigenvalue weighted by Gasteiger charge is 2.30. The predicted molar refractivity (Wildman–Crippen MR) is 82.3 cm³/mol. The number of benzene rings is 2. The standard InChI is InChI=1S/C16H14N4O/c1-9-2-4-14-12(6-9)15(16(21)19-14)18-11-3-5-13-10(7-11)8-17-20-13/h2-8,15,18H,1H3,(H,17,20)(H,19,21).